The molecule has 0 spiro atoms. The van der Waals surface area contributed by atoms with Crippen LogP contribution in [0.15, 0.2) is 29.6 Å². The summed E-state index contributed by atoms with van der Waals surface area (Å²) in [5, 5.41) is 10.4. The molecule has 0 aliphatic heterocycles. The number of rotatable bonds is 3. The van der Waals surface area contributed by atoms with Gasteiger partial charge >= 0.3 is 0 Å². The zero-order valence-corrected chi connectivity index (χ0v) is 11.9. The summed E-state index contributed by atoms with van der Waals surface area (Å²) >= 11 is 1.88. The molecule has 0 aromatic carbocycles. The van der Waals surface area contributed by atoms with Gasteiger partial charge in [-0.2, -0.15) is 0 Å². The summed E-state index contributed by atoms with van der Waals surface area (Å²) in [6.07, 6.45) is 10.4. The molecule has 19 heavy (non-hydrogen) atoms. The fourth-order valence-corrected chi connectivity index (χ4v) is 3.62. The molecular weight excluding hydrogens is 256 g/mol. The van der Waals surface area contributed by atoms with Gasteiger partial charge in [-0.15, -0.1) is 22.0 Å². The van der Waals surface area contributed by atoms with Crippen LogP contribution in [0.1, 0.15) is 37.9 Å². The van der Waals surface area contributed by atoms with Gasteiger partial charge in [0.15, 0.2) is 5.82 Å². The van der Waals surface area contributed by atoms with E-state index in [-0.39, 0.29) is 0 Å². The van der Waals surface area contributed by atoms with Crippen LogP contribution < -0.4 is 0 Å². The molecule has 3 rings (SSSR count). The van der Waals surface area contributed by atoms with Crippen molar-refractivity contribution in [2.24, 2.45) is 0 Å². The lowest BCUT2D eigenvalue weighted by molar-refractivity contribution is 0.515. The first-order chi connectivity index (χ1) is 9.33. The molecule has 4 nitrogen and oxygen atoms in total. The minimum Gasteiger partial charge on any atom is -0.287 e. The van der Waals surface area contributed by atoms with Crippen molar-refractivity contribution in [3.05, 3.63) is 30.4 Å². The number of hydrogen-bond donors (Lipinski definition) is 0. The smallest absolute Gasteiger partial charge is 0.160 e. The highest BCUT2D eigenvalue weighted by Crippen LogP contribution is 2.32. The van der Waals surface area contributed by atoms with E-state index in [9.17, 15) is 0 Å². The van der Waals surface area contributed by atoms with Crippen LogP contribution in [0, 0.1) is 6.92 Å². The van der Waals surface area contributed by atoms with Crippen molar-refractivity contribution in [1.82, 2.24) is 19.7 Å². The Kier molecular flexibility index (Phi) is 3.82. The molecule has 0 unspecified atom stereocenters. The molecule has 5 heteroatoms. The molecule has 100 valence electrons. The lowest BCUT2D eigenvalue weighted by Gasteiger charge is -2.20. The molecule has 0 atom stereocenters. The zero-order valence-electron chi connectivity index (χ0n) is 11.1. The Morgan fingerprint density at radius 2 is 2.00 bits per heavy atom. The maximum atomic E-state index is 4.33. The van der Waals surface area contributed by atoms with Crippen LogP contribution in [0.5, 0.6) is 0 Å². The lowest BCUT2D eigenvalue weighted by atomic mass is 10.0. The van der Waals surface area contributed by atoms with Crippen LogP contribution >= 0.6 is 11.8 Å². The van der Waals surface area contributed by atoms with Gasteiger partial charge in [0.05, 0.1) is 0 Å². The van der Waals surface area contributed by atoms with Gasteiger partial charge in [-0.3, -0.25) is 4.57 Å². The van der Waals surface area contributed by atoms with Crippen molar-refractivity contribution >= 4 is 11.8 Å². The van der Waals surface area contributed by atoms with Gasteiger partial charge < -0.3 is 0 Å². The Labute approximate surface area is 117 Å². The molecule has 1 aliphatic carbocycles. The summed E-state index contributed by atoms with van der Waals surface area (Å²) in [4.78, 5) is 4.20. The highest BCUT2D eigenvalue weighted by Gasteiger charge is 2.15. The molecule has 0 saturated heterocycles. The average Bonchev–Trinajstić information content (AvgIpc) is 2.87. The van der Waals surface area contributed by atoms with Crippen molar-refractivity contribution in [1.29, 1.82) is 0 Å². The summed E-state index contributed by atoms with van der Waals surface area (Å²) in [6, 6.07) is 4.09. The summed E-state index contributed by atoms with van der Waals surface area (Å²) in [5.74, 6) is 1.77. The third kappa shape index (κ3) is 2.97. The molecule has 2 heterocycles. The molecule has 0 bridgehead atoms. The fraction of sp³-hybridized carbons (Fsp3) is 0.500. The largest absolute Gasteiger partial charge is 0.287 e. The second-order valence-corrected chi connectivity index (χ2v) is 6.27. The molecule has 0 amide bonds. The molecular formula is C14H18N4S. The minimum atomic E-state index is 0.726. The quantitative estimate of drug-likeness (QED) is 0.860. The van der Waals surface area contributed by atoms with Crippen LogP contribution in [-0.4, -0.2) is 25.0 Å². The Bertz CT molecular complexity index is 529. The Hall–Kier alpha value is -1.36. The topological polar surface area (TPSA) is 43.6 Å². The van der Waals surface area contributed by atoms with Gasteiger partial charge in [0.1, 0.15) is 10.9 Å². The first kappa shape index (κ1) is 12.7. The standard InChI is InChI=1S/C14H18N4S/c1-11-15-9-10-18(11)13-7-8-14(17-16-13)19-12-5-3-2-4-6-12/h7-10,12H,2-6H2,1H3. The van der Waals surface area contributed by atoms with Gasteiger partial charge in [0.25, 0.3) is 0 Å². The van der Waals surface area contributed by atoms with Gasteiger partial charge in [-0.1, -0.05) is 19.3 Å². The maximum Gasteiger partial charge on any atom is 0.160 e. The SMILES string of the molecule is Cc1nccn1-c1ccc(SC2CCCCC2)nn1. The summed E-state index contributed by atoms with van der Waals surface area (Å²) < 4.78 is 1.95. The van der Waals surface area contributed by atoms with E-state index in [1.165, 1.54) is 32.1 Å². The summed E-state index contributed by atoms with van der Waals surface area (Å²) in [7, 11) is 0. The third-order valence-electron chi connectivity index (χ3n) is 3.54. The van der Waals surface area contributed by atoms with Gasteiger partial charge in [-0.05, 0) is 31.9 Å². The number of aryl methyl sites for hydroxylation is 1. The van der Waals surface area contributed by atoms with E-state index in [0.717, 1.165) is 21.9 Å². The van der Waals surface area contributed by atoms with Crippen molar-refractivity contribution in [3.8, 4) is 5.82 Å². The number of hydrogen-bond acceptors (Lipinski definition) is 4. The van der Waals surface area contributed by atoms with Crippen molar-refractivity contribution < 1.29 is 0 Å². The van der Waals surface area contributed by atoms with Crippen LogP contribution in [0.3, 0.4) is 0 Å². The average molecular weight is 274 g/mol. The zero-order chi connectivity index (χ0) is 13.1. The second-order valence-electron chi connectivity index (χ2n) is 4.95. The molecule has 1 saturated carbocycles. The predicted octanol–water partition coefficient (Wildman–Crippen LogP) is 3.40. The first-order valence-corrected chi connectivity index (χ1v) is 7.71. The Balaban J connectivity index is 1.70. The van der Waals surface area contributed by atoms with Crippen LogP contribution in [0.25, 0.3) is 5.82 Å². The van der Waals surface area contributed by atoms with E-state index in [1.54, 1.807) is 6.20 Å². The van der Waals surface area contributed by atoms with Gasteiger partial charge in [0, 0.05) is 17.6 Å². The van der Waals surface area contributed by atoms with Crippen LogP contribution in [-0.2, 0) is 0 Å². The van der Waals surface area contributed by atoms with E-state index in [4.69, 9.17) is 0 Å². The van der Waals surface area contributed by atoms with Crippen LogP contribution in [0.4, 0.5) is 0 Å². The molecule has 2 aromatic rings. The molecule has 1 fully saturated rings. The highest BCUT2D eigenvalue weighted by molar-refractivity contribution is 7.99. The minimum absolute atomic E-state index is 0.726. The third-order valence-corrected chi connectivity index (χ3v) is 4.80. The van der Waals surface area contributed by atoms with Crippen LogP contribution in [0.2, 0.25) is 0 Å². The lowest BCUT2D eigenvalue weighted by Crippen LogP contribution is -2.08. The summed E-state index contributed by atoms with van der Waals surface area (Å²) in [5.41, 5.74) is 0. The van der Waals surface area contributed by atoms with E-state index < -0.39 is 0 Å². The number of nitrogens with zero attached hydrogens (tertiary/aromatic N) is 4. The Morgan fingerprint density at radius 1 is 1.16 bits per heavy atom. The van der Waals surface area contributed by atoms with Crippen molar-refractivity contribution in [2.75, 3.05) is 0 Å². The monoisotopic (exact) mass is 274 g/mol. The number of thioether (sulfide) groups is 1. The summed E-state index contributed by atoms with van der Waals surface area (Å²) in [6.45, 7) is 1.96. The van der Waals surface area contributed by atoms with E-state index >= 15 is 0 Å². The van der Waals surface area contributed by atoms with E-state index in [1.807, 2.05) is 35.5 Å². The normalized spacial score (nSPS) is 16.7. The van der Waals surface area contributed by atoms with Gasteiger partial charge in [-0.25, -0.2) is 4.98 Å². The highest BCUT2D eigenvalue weighted by atomic mass is 32.2. The fourth-order valence-electron chi connectivity index (χ4n) is 2.48. The van der Waals surface area contributed by atoms with Crippen molar-refractivity contribution in [2.45, 2.75) is 49.3 Å². The molecule has 0 N–H and O–H groups in total. The maximum absolute atomic E-state index is 4.33. The predicted molar refractivity (Wildman–Crippen MR) is 76.6 cm³/mol. The van der Waals surface area contributed by atoms with E-state index in [0.29, 0.717) is 0 Å². The number of imidazole rings is 1. The number of aromatic nitrogens is 4. The van der Waals surface area contributed by atoms with E-state index in [2.05, 4.69) is 21.2 Å². The second kappa shape index (κ2) is 5.74. The molecule has 1 aliphatic rings. The molecule has 0 radical (unpaired) electrons. The Morgan fingerprint density at radius 3 is 2.63 bits per heavy atom. The van der Waals surface area contributed by atoms with Crippen molar-refractivity contribution in [3.63, 3.8) is 0 Å². The molecule has 2 aromatic heterocycles. The van der Waals surface area contributed by atoms with Gasteiger partial charge in [0.2, 0.25) is 0 Å². The first-order valence-electron chi connectivity index (χ1n) is 6.83.